The van der Waals surface area contributed by atoms with Crippen LogP contribution in [0.5, 0.6) is 0 Å². The predicted molar refractivity (Wildman–Crippen MR) is 135 cm³/mol. The molecule has 0 amide bonds. The highest BCUT2D eigenvalue weighted by Gasteiger charge is 2.24. The third-order valence-electron chi connectivity index (χ3n) is 6.86. The van der Waals surface area contributed by atoms with Crippen LogP contribution in [-0.2, 0) is 6.54 Å². The van der Waals surface area contributed by atoms with E-state index in [1.165, 1.54) is 0 Å². The summed E-state index contributed by atoms with van der Waals surface area (Å²) in [5.74, 6) is 0.834. The maximum Gasteiger partial charge on any atom is 0.207 e. The Bertz CT molecular complexity index is 1140. The molecule has 0 saturated carbocycles. The zero-order valence-corrected chi connectivity index (χ0v) is 20.4. The molecule has 2 aromatic carbocycles. The molecule has 1 aromatic heterocycles. The number of fused-ring (bicyclic) bond motifs is 1. The van der Waals surface area contributed by atoms with Crippen molar-refractivity contribution in [2.24, 2.45) is 0 Å². The van der Waals surface area contributed by atoms with E-state index in [2.05, 4.69) is 37.7 Å². The molecule has 0 unspecified atom stereocenters. The van der Waals surface area contributed by atoms with Crippen molar-refractivity contribution in [3.8, 4) is 0 Å². The minimum absolute atomic E-state index is 0.128. The van der Waals surface area contributed by atoms with Crippen molar-refractivity contribution in [2.75, 3.05) is 69.2 Å². The zero-order chi connectivity index (χ0) is 23.1. The van der Waals surface area contributed by atoms with E-state index in [4.69, 9.17) is 16.6 Å². The molecule has 0 radical (unpaired) electrons. The van der Waals surface area contributed by atoms with Crippen molar-refractivity contribution >= 4 is 34.3 Å². The summed E-state index contributed by atoms with van der Waals surface area (Å²) in [5.41, 5.74) is 5.55. The smallest absolute Gasteiger partial charge is 0.207 e. The quantitative estimate of drug-likeness (QED) is 0.630. The van der Waals surface area contributed by atoms with Gasteiger partial charge >= 0.3 is 0 Å². The first-order chi connectivity index (χ1) is 15.9. The Balaban J connectivity index is 1.64. The van der Waals surface area contributed by atoms with Crippen molar-refractivity contribution < 1.29 is 4.39 Å². The lowest BCUT2D eigenvalue weighted by Gasteiger charge is -2.34. The molecular weight excluding hydrogens is 439 g/mol. The summed E-state index contributed by atoms with van der Waals surface area (Å²) in [4.78, 5) is 12.3. The number of benzene rings is 2. The Morgan fingerprint density at radius 2 is 1.61 bits per heavy atom. The van der Waals surface area contributed by atoms with Gasteiger partial charge in [-0.2, -0.15) is 0 Å². The van der Waals surface area contributed by atoms with E-state index in [0.717, 1.165) is 85.6 Å². The van der Waals surface area contributed by atoms with E-state index in [1.54, 1.807) is 0 Å². The van der Waals surface area contributed by atoms with Gasteiger partial charge in [0, 0.05) is 57.4 Å². The molecule has 1 N–H and O–H groups in total. The van der Waals surface area contributed by atoms with Crippen molar-refractivity contribution in [3.63, 3.8) is 0 Å². The van der Waals surface area contributed by atoms with Gasteiger partial charge in [0.05, 0.1) is 17.7 Å². The molecule has 0 atom stereocenters. The number of rotatable bonds is 4. The topological polar surface area (TPSA) is 39.6 Å². The van der Waals surface area contributed by atoms with Gasteiger partial charge in [-0.05, 0) is 49.7 Å². The molecule has 5 rings (SSSR count). The Morgan fingerprint density at radius 1 is 0.939 bits per heavy atom. The number of nitrogens with one attached hydrogen (secondary N) is 1. The van der Waals surface area contributed by atoms with E-state index >= 15 is 0 Å². The summed E-state index contributed by atoms with van der Waals surface area (Å²) < 4.78 is 16.6. The average Bonchev–Trinajstić information content (AvgIpc) is 3.16. The van der Waals surface area contributed by atoms with Gasteiger partial charge in [-0.25, -0.2) is 9.37 Å². The van der Waals surface area contributed by atoms with Gasteiger partial charge < -0.3 is 24.6 Å². The maximum absolute atomic E-state index is 14.3. The molecule has 0 spiro atoms. The van der Waals surface area contributed by atoms with Crippen LogP contribution < -0.4 is 15.1 Å². The molecule has 0 bridgehead atoms. The van der Waals surface area contributed by atoms with E-state index < -0.39 is 0 Å². The summed E-state index contributed by atoms with van der Waals surface area (Å²) in [6.07, 6.45) is 0. The number of hydrogen-bond acceptors (Lipinski definition) is 5. The minimum Gasteiger partial charge on any atom is -0.367 e. The molecule has 6 nitrogen and oxygen atoms in total. The van der Waals surface area contributed by atoms with Crippen LogP contribution in [0.1, 0.15) is 16.7 Å². The molecule has 176 valence electrons. The first kappa shape index (κ1) is 22.4. The number of halogens is 2. The highest BCUT2D eigenvalue weighted by atomic mass is 35.5. The lowest BCUT2D eigenvalue weighted by Crippen LogP contribution is -2.44. The van der Waals surface area contributed by atoms with Gasteiger partial charge in [-0.3, -0.25) is 0 Å². The SMILES string of the molecule is Cc1cc(Cn2c(N3CCNCC3)nc3c(N4CCN(C)CC4)cc(Cl)cc32)cc(C)c1F. The average molecular weight is 471 g/mol. The monoisotopic (exact) mass is 470 g/mol. The second-order valence-electron chi connectivity index (χ2n) is 9.36. The summed E-state index contributed by atoms with van der Waals surface area (Å²) in [6.45, 7) is 11.9. The van der Waals surface area contributed by atoms with Gasteiger partial charge in [0.2, 0.25) is 5.95 Å². The standard InChI is InChI=1S/C25H32ClFN6/c1-17-12-19(13-18(2)23(17)27)16-33-22-15-20(26)14-21(31-10-8-30(3)9-11-31)24(22)29-25(33)32-6-4-28-5-7-32/h12-15,28H,4-11,16H2,1-3H3. The Kier molecular flexibility index (Phi) is 6.20. The third kappa shape index (κ3) is 4.42. The molecule has 2 fully saturated rings. The lowest BCUT2D eigenvalue weighted by molar-refractivity contribution is 0.313. The predicted octanol–water partition coefficient (Wildman–Crippen LogP) is 3.66. The van der Waals surface area contributed by atoms with Crippen LogP contribution in [0, 0.1) is 19.7 Å². The second kappa shape index (κ2) is 9.12. The normalized spacial score (nSPS) is 17.8. The molecule has 0 aliphatic carbocycles. The van der Waals surface area contributed by atoms with Crippen LogP contribution >= 0.6 is 11.6 Å². The summed E-state index contributed by atoms with van der Waals surface area (Å²) in [5, 5.41) is 4.15. The van der Waals surface area contributed by atoms with Crippen LogP contribution in [0.3, 0.4) is 0 Å². The van der Waals surface area contributed by atoms with Gasteiger partial charge in [0.1, 0.15) is 11.3 Å². The number of aromatic nitrogens is 2. The van der Waals surface area contributed by atoms with Gasteiger partial charge in [-0.15, -0.1) is 0 Å². The van der Waals surface area contributed by atoms with E-state index in [-0.39, 0.29) is 5.82 Å². The van der Waals surface area contributed by atoms with Gasteiger partial charge in [0.15, 0.2) is 0 Å². The van der Waals surface area contributed by atoms with Crippen molar-refractivity contribution in [1.82, 2.24) is 19.8 Å². The number of imidazole rings is 1. The molecule has 2 saturated heterocycles. The van der Waals surface area contributed by atoms with Crippen molar-refractivity contribution in [3.05, 3.63) is 51.8 Å². The van der Waals surface area contributed by atoms with E-state index in [0.29, 0.717) is 17.7 Å². The zero-order valence-electron chi connectivity index (χ0n) is 19.7. The second-order valence-corrected chi connectivity index (χ2v) is 9.80. The molecular formula is C25H32ClFN6. The molecule has 3 aromatic rings. The number of nitrogens with zero attached hydrogens (tertiary/aromatic N) is 5. The van der Waals surface area contributed by atoms with Crippen LogP contribution in [0.4, 0.5) is 16.0 Å². The minimum atomic E-state index is -0.128. The summed E-state index contributed by atoms with van der Waals surface area (Å²) in [7, 11) is 2.16. The fraction of sp³-hybridized carbons (Fsp3) is 0.480. The largest absolute Gasteiger partial charge is 0.367 e. The van der Waals surface area contributed by atoms with Crippen LogP contribution in [-0.4, -0.2) is 73.9 Å². The third-order valence-corrected chi connectivity index (χ3v) is 7.08. The Morgan fingerprint density at radius 3 is 2.27 bits per heavy atom. The van der Waals surface area contributed by atoms with Gasteiger partial charge in [0.25, 0.3) is 0 Å². The first-order valence-corrected chi connectivity index (χ1v) is 12.1. The molecule has 33 heavy (non-hydrogen) atoms. The number of piperazine rings is 2. The molecule has 2 aliphatic rings. The Labute approximate surface area is 199 Å². The fourth-order valence-corrected chi connectivity index (χ4v) is 5.23. The van der Waals surface area contributed by atoms with Gasteiger partial charge in [-0.1, -0.05) is 23.7 Å². The molecule has 3 heterocycles. The molecule has 2 aliphatic heterocycles. The van der Waals surface area contributed by atoms with E-state index in [1.807, 2.05) is 32.0 Å². The number of anilines is 2. The lowest BCUT2D eigenvalue weighted by atomic mass is 10.1. The number of hydrogen-bond donors (Lipinski definition) is 1. The van der Waals surface area contributed by atoms with Crippen molar-refractivity contribution in [2.45, 2.75) is 20.4 Å². The highest BCUT2D eigenvalue weighted by Crippen LogP contribution is 2.35. The van der Waals surface area contributed by atoms with Crippen molar-refractivity contribution in [1.29, 1.82) is 0 Å². The fourth-order valence-electron chi connectivity index (χ4n) is 5.02. The number of likely N-dealkylation sites (N-methyl/N-ethyl adjacent to an activating group) is 1. The van der Waals surface area contributed by atoms with E-state index in [9.17, 15) is 4.39 Å². The Hall–Kier alpha value is -2.35. The summed E-state index contributed by atoms with van der Waals surface area (Å²) in [6, 6.07) is 7.97. The van der Waals surface area contributed by atoms with Crippen LogP contribution in [0.15, 0.2) is 24.3 Å². The van der Waals surface area contributed by atoms with Crippen LogP contribution in [0.25, 0.3) is 11.0 Å². The van der Waals surface area contributed by atoms with Crippen LogP contribution in [0.2, 0.25) is 5.02 Å². The number of aryl methyl sites for hydroxylation is 2. The highest BCUT2D eigenvalue weighted by molar-refractivity contribution is 6.31. The maximum atomic E-state index is 14.3. The summed E-state index contributed by atoms with van der Waals surface area (Å²) >= 11 is 6.66. The molecule has 8 heteroatoms. The first-order valence-electron chi connectivity index (χ1n) is 11.8.